The molecule has 2 aliphatic rings. The fourth-order valence-electron chi connectivity index (χ4n) is 4.23. The molecule has 0 spiro atoms. The van der Waals surface area contributed by atoms with Gasteiger partial charge in [-0.15, -0.1) is 5.10 Å². The Kier molecular flexibility index (Phi) is 5.54. The molecule has 1 aliphatic carbocycles. The van der Waals surface area contributed by atoms with Gasteiger partial charge in [0.15, 0.2) is 5.52 Å². The van der Waals surface area contributed by atoms with Gasteiger partial charge in [-0.2, -0.15) is 13.2 Å². The lowest BCUT2D eigenvalue weighted by molar-refractivity contribution is -0.184. The van der Waals surface area contributed by atoms with Crippen LogP contribution in [0, 0.1) is 11.8 Å². The molecule has 160 valence electrons. The molecule has 1 aliphatic heterocycles. The van der Waals surface area contributed by atoms with Crippen molar-refractivity contribution in [2.24, 2.45) is 18.9 Å². The number of hydrogen-bond donors (Lipinski definition) is 0. The van der Waals surface area contributed by atoms with Gasteiger partial charge in [0.2, 0.25) is 0 Å². The van der Waals surface area contributed by atoms with E-state index in [1.54, 1.807) is 11.6 Å². The average molecular weight is 414 g/mol. The Morgan fingerprint density at radius 1 is 1.17 bits per heavy atom. The molecule has 2 aromatic rings. The number of rotatable bonds is 4. The van der Waals surface area contributed by atoms with Crippen molar-refractivity contribution in [3.05, 3.63) is 22.4 Å². The second-order valence-corrected chi connectivity index (χ2v) is 8.02. The Morgan fingerprint density at radius 2 is 1.86 bits per heavy atom. The van der Waals surface area contributed by atoms with E-state index in [1.807, 2.05) is 0 Å². The minimum atomic E-state index is -4.12. The Labute approximate surface area is 165 Å². The minimum Gasteiger partial charge on any atom is -0.463 e. The average Bonchev–Trinajstić information content (AvgIpc) is 3.14. The first-order valence-corrected chi connectivity index (χ1v) is 10.1. The molecular weight excluding hydrogens is 389 g/mol. The van der Waals surface area contributed by atoms with Gasteiger partial charge in [0.1, 0.15) is 5.82 Å². The van der Waals surface area contributed by atoms with Gasteiger partial charge in [-0.25, -0.2) is 9.50 Å². The SMILES string of the molecule is Cn1c(OC[C@H]2CC[C@H](C(F)(F)F)CC2)nn2c(C3CCOCC3)ncc2c1=O. The maximum atomic E-state index is 12.8. The number of nitrogens with zero attached hydrogens (tertiary/aromatic N) is 4. The predicted molar refractivity (Wildman–Crippen MR) is 98.0 cm³/mol. The molecule has 29 heavy (non-hydrogen) atoms. The van der Waals surface area contributed by atoms with E-state index < -0.39 is 12.1 Å². The number of ether oxygens (including phenoxy) is 2. The number of halogens is 3. The first-order valence-electron chi connectivity index (χ1n) is 10.1. The monoisotopic (exact) mass is 414 g/mol. The molecule has 0 aromatic carbocycles. The number of aromatic nitrogens is 4. The molecule has 0 unspecified atom stereocenters. The van der Waals surface area contributed by atoms with E-state index in [1.165, 1.54) is 10.8 Å². The second-order valence-electron chi connectivity index (χ2n) is 8.02. The molecule has 0 atom stereocenters. The van der Waals surface area contributed by atoms with Crippen molar-refractivity contribution in [3.8, 4) is 6.01 Å². The van der Waals surface area contributed by atoms with Crippen molar-refractivity contribution in [2.45, 2.75) is 50.6 Å². The first-order chi connectivity index (χ1) is 13.8. The maximum Gasteiger partial charge on any atom is 0.391 e. The van der Waals surface area contributed by atoms with Crippen molar-refractivity contribution >= 4 is 5.52 Å². The molecule has 0 N–H and O–H groups in total. The normalized spacial score (nSPS) is 24.1. The summed E-state index contributed by atoms with van der Waals surface area (Å²) in [6.45, 7) is 1.54. The van der Waals surface area contributed by atoms with Crippen molar-refractivity contribution in [2.75, 3.05) is 19.8 Å². The van der Waals surface area contributed by atoms with Crippen molar-refractivity contribution < 1.29 is 22.6 Å². The molecule has 7 nitrogen and oxygen atoms in total. The zero-order chi connectivity index (χ0) is 20.6. The van der Waals surface area contributed by atoms with Crippen molar-refractivity contribution in [1.82, 2.24) is 19.2 Å². The third-order valence-electron chi connectivity index (χ3n) is 6.10. The lowest BCUT2D eigenvalue weighted by Gasteiger charge is -2.29. The number of hydrogen-bond acceptors (Lipinski definition) is 5. The first kappa shape index (κ1) is 20.2. The van der Waals surface area contributed by atoms with Crippen LogP contribution in [-0.4, -0.2) is 45.2 Å². The third-order valence-corrected chi connectivity index (χ3v) is 6.10. The van der Waals surface area contributed by atoms with E-state index >= 15 is 0 Å². The molecule has 1 saturated heterocycles. The highest BCUT2D eigenvalue weighted by Gasteiger charge is 2.41. The standard InChI is InChI=1S/C19H25F3N4O3/c1-25-17(27)15-10-23-16(13-6-8-28-9-7-13)26(15)24-18(25)29-11-12-2-4-14(5-3-12)19(20,21)22/h10,12-14H,2-9,11H2,1H3/t12-,14-. The van der Waals surface area contributed by atoms with Crippen LogP contribution in [-0.2, 0) is 11.8 Å². The molecule has 2 fully saturated rings. The largest absolute Gasteiger partial charge is 0.463 e. The Morgan fingerprint density at radius 3 is 2.52 bits per heavy atom. The quantitative estimate of drug-likeness (QED) is 0.769. The summed E-state index contributed by atoms with van der Waals surface area (Å²) in [7, 11) is 1.58. The second kappa shape index (κ2) is 7.97. The van der Waals surface area contributed by atoms with Gasteiger partial charge < -0.3 is 9.47 Å². The fraction of sp³-hybridized carbons (Fsp3) is 0.737. The summed E-state index contributed by atoms with van der Waals surface area (Å²) in [6, 6.07) is 0.159. The topological polar surface area (TPSA) is 70.7 Å². The molecule has 2 aromatic heterocycles. The van der Waals surface area contributed by atoms with E-state index in [0.29, 0.717) is 31.6 Å². The molecule has 3 heterocycles. The van der Waals surface area contributed by atoms with Gasteiger partial charge >= 0.3 is 12.2 Å². The van der Waals surface area contributed by atoms with Crippen LogP contribution in [0.25, 0.3) is 5.52 Å². The smallest absolute Gasteiger partial charge is 0.391 e. The van der Waals surface area contributed by atoms with Crippen LogP contribution in [0.2, 0.25) is 0 Å². The zero-order valence-corrected chi connectivity index (χ0v) is 16.3. The maximum absolute atomic E-state index is 12.8. The van der Waals surface area contributed by atoms with E-state index in [9.17, 15) is 18.0 Å². The highest BCUT2D eigenvalue weighted by Crippen LogP contribution is 2.39. The summed E-state index contributed by atoms with van der Waals surface area (Å²) in [5.41, 5.74) is 0.119. The van der Waals surface area contributed by atoms with Gasteiger partial charge in [0, 0.05) is 26.2 Å². The van der Waals surface area contributed by atoms with Gasteiger partial charge in [-0.3, -0.25) is 9.36 Å². The van der Waals surface area contributed by atoms with Gasteiger partial charge in [-0.05, 0) is 44.4 Å². The van der Waals surface area contributed by atoms with Gasteiger partial charge in [-0.1, -0.05) is 0 Å². The van der Waals surface area contributed by atoms with Crippen molar-refractivity contribution in [1.29, 1.82) is 0 Å². The van der Waals surface area contributed by atoms with Gasteiger partial charge in [0.25, 0.3) is 5.56 Å². The van der Waals surface area contributed by atoms with Crippen LogP contribution in [0.3, 0.4) is 0 Å². The molecule has 4 rings (SSSR count). The summed E-state index contributed by atoms with van der Waals surface area (Å²) >= 11 is 0. The van der Waals surface area contributed by atoms with Crippen LogP contribution in [0.15, 0.2) is 11.0 Å². The molecule has 1 saturated carbocycles. The molecule has 0 radical (unpaired) electrons. The van der Waals surface area contributed by atoms with E-state index in [4.69, 9.17) is 9.47 Å². The zero-order valence-electron chi connectivity index (χ0n) is 16.3. The highest BCUT2D eigenvalue weighted by molar-refractivity contribution is 5.43. The Hall–Kier alpha value is -2.10. The summed E-state index contributed by atoms with van der Waals surface area (Å²) in [5.74, 6) is -0.308. The van der Waals surface area contributed by atoms with Crippen LogP contribution >= 0.6 is 0 Å². The van der Waals surface area contributed by atoms with Crippen LogP contribution in [0.4, 0.5) is 13.2 Å². The minimum absolute atomic E-state index is 0.0268. The van der Waals surface area contributed by atoms with Crippen molar-refractivity contribution in [3.63, 3.8) is 0 Å². The summed E-state index contributed by atoms with van der Waals surface area (Å²) in [4.78, 5) is 17.1. The number of fused-ring (bicyclic) bond motifs is 1. The highest BCUT2D eigenvalue weighted by atomic mass is 19.4. The summed E-state index contributed by atoms with van der Waals surface area (Å²) in [5, 5.41) is 4.48. The lowest BCUT2D eigenvalue weighted by atomic mass is 9.82. The molecular formula is C19H25F3N4O3. The third kappa shape index (κ3) is 4.12. The Bertz CT molecular complexity index is 910. The Balaban J connectivity index is 1.49. The van der Waals surface area contributed by atoms with Crippen LogP contribution in [0.5, 0.6) is 6.01 Å². The lowest BCUT2D eigenvalue weighted by Crippen LogP contribution is -2.30. The van der Waals surface area contributed by atoms with E-state index in [2.05, 4.69) is 10.1 Å². The number of imidazole rings is 1. The summed E-state index contributed by atoms with van der Waals surface area (Å²) < 4.78 is 52.6. The van der Waals surface area contributed by atoms with E-state index in [0.717, 1.165) is 18.7 Å². The number of alkyl halides is 3. The molecule has 0 amide bonds. The predicted octanol–water partition coefficient (Wildman–Crippen LogP) is 3.07. The van der Waals surface area contributed by atoms with E-state index in [-0.39, 0.29) is 42.9 Å². The van der Waals surface area contributed by atoms with Gasteiger partial charge in [0.05, 0.1) is 18.7 Å². The van der Waals surface area contributed by atoms with Crippen LogP contribution < -0.4 is 10.3 Å². The molecule has 10 heteroatoms. The molecule has 0 bridgehead atoms. The summed E-state index contributed by atoms with van der Waals surface area (Å²) in [6.07, 6.45) is 0.199. The fourth-order valence-corrected chi connectivity index (χ4v) is 4.23. The van der Waals surface area contributed by atoms with Crippen LogP contribution in [0.1, 0.15) is 50.3 Å².